The maximum absolute atomic E-state index is 12.6. The van der Waals surface area contributed by atoms with E-state index in [-0.39, 0.29) is 11.6 Å². The van der Waals surface area contributed by atoms with Gasteiger partial charge in [-0.05, 0) is 32.0 Å². The maximum atomic E-state index is 12.6. The van der Waals surface area contributed by atoms with Crippen LogP contribution in [0.2, 0.25) is 0 Å². The number of halogens is 3. The SMILES string of the molecule is Cc1nc(C)nc(Nc2cccc(C(F)(F)F)c2)n1. The molecule has 0 atom stereocenters. The smallest absolute Gasteiger partial charge is 0.324 e. The molecule has 0 aliphatic carbocycles. The number of benzene rings is 1. The van der Waals surface area contributed by atoms with E-state index in [9.17, 15) is 13.2 Å². The molecule has 1 heterocycles. The Kier molecular flexibility index (Phi) is 3.37. The lowest BCUT2D eigenvalue weighted by Crippen LogP contribution is -2.06. The van der Waals surface area contributed by atoms with Crippen molar-refractivity contribution in [3.63, 3.8) is 0 Å². The normalized spacial score (nSPS) is 11.4. The summed E-state index contributed by atoms with van der Waals surface area (Å²) in [4.78, 5) is 12.0. The molecule has 0 fully saturated rings. The van der Waals surface area contributed by atoms with Gasteiger partial charge in [-0.1, -0.05) is 6.07 Å². The van der Waals surface area contributed by atoms with Gasteiger partial charge in [-0.2, -0.15) is 23.1 Å². The summed E-state index contributed by atoms with van der Waals surface area (Å²) in [7, 11) is 0. The number of hydrogen-bond donors (Lipinski definition) is 1. The predicted octanol–water partition coefficient (Wildman–Crippen LogP) is 3.25. The summed E-state index contributed by atoms with van der Waals surface area (Å²) >= 11 is 0. The topological polar surface area (TPSA) is 50.7 Å². The molecule has 0 aliphatic heterocycles. The van der Waals surface area contributed by atoms with Gasteiger partial charge in [0, 0.05) is 5.69 Å². The van der Waals surface area contributed by atoms with Crippen molar-refractivity contribution in [3.8, 4) is 0 Å². The molecule has 2 rings (SSSR count). The summed E-state index contributed by atoms with van der Waals surface area (Å²) in [6.45, 7) is 3.37. The van der Waals surface area contributed by atoms with Gasteiger partial charge in [-0.25, -0.2) is 4.98 Å². The van der Waals surface area contributed by atoms with Crippen LogP contribution in [-0.2, 0) is 6.18 Å². The van der Waals surface area contributed by atoms with E-state index >= 15 is 0 Å². The van der Waals surface area contributed by atoms with E-state index in [2.05, 4.69) is 20.3 Å². The second kappa shape index (κ2) is 4.83. The van der Waals surface area contributed by atoms with E-state index < -0.39 is 11.7 Å². The van der Waals surface area contributed by atoms with Crippen molar-refractivity contribution in [1.82, 2.24) is 15.0 Å². The van der Waals surface area contributed by atoms with Crippen LogP contribution in [0.15, 0.2) is 24.3 Å². The molecular formula is C12H11F3N4. The Balaban J connectivity index is 2.28. The number of rotatable bonds is 2. The summed E-state index contributed by atoms with van der Waals surface area (Å²) in [6.07, 6.45) is -4.37. The van der Waals surface area contributed by atoms with Crippen molar-refractivity contribution in [1.29, 1.82) is 0 Å². The Bertz CT molecular complexity index is 576. The minimum atomic E-state index is -4.37. The van der Waals surface area contributed by atoms with Gasteiger partial charge < -0.3 is 5.32 Å². The molecule has 1 aromatic heterocycles. The van der Waals surface area contributed by atoms with Crippen molar-refractivity contribution in [2.45, 2.75) is 20.0 Å². The van der Waals surface area contributed by atoms with Crippen molar-refractivity contribution in [3.05, 3.63) is 41.5 Å². The van der Waals surface area contributed by atoms with Gasteiger partial charge in [0.05, 0.1) is 5.56 Å². The van der Waals surface area contributed by atoms with Gasteiger partial charge in [-0.15, -0.1) is 0 Å². The van der Waals surface area contributed by atoms with Crippen LogP contribution in [0.1, 0.15) is 17.2 Å². The molecule has 7 heteroatoms. The molecule has 0 aliphatic rings. The number of nitrogens with zero attached hydrogens (tertiary/aromatic N) is 3. The van der Waals surface area contributed by atoms with Crippen LogP contribution < -0.4 is 5.32 Å². The van der Waals surface area contributed by atoms with E-state index in [0.717, 1.165) is 12.1 Å². The van der Waals surface area contributed by atoms with E-state index in [0.29, 0.717) is 11.6 Å². The van der Waals surface area contributed by atoms with Gasteiger partial charge in [0.1, 0.15) is 11.6 Å². The average Bonchev–Trinajstić information content (AvgIpc) is 2.26. The van der Waals surface area contributed by atoms with Crippen LogP contribution in [0.4, 0.5) is 24.8 Å². The van der Waals surface area contributed by atoms with Crippen molar-refractivity contribution >= 4 is 11.6 Å². The molecule has 0 amide bonds. The first kappa shape index (κ1) is 13.3. The third kappa shape index (κ3) is 3.40. The minimum Gasteiger partial charge on any atom is -0.324 e. The van der Waals surface area contributed by atoms with E-state index in [1.807, 2.05) is 0 Å². The van der Waals surface area contributed by atoms with E-state index in [1.165, 1.54) is 12.1 Å². The Hall–Kier alpha value is -2.18. The number of anilines is 2. The van der Waals surface area contributed by atoms with Crippen molar-refractivity contribution in [2.75, 3.05) is 5.32 Å². The molecule has 0 radical (unpaired) electrons. The highest BCUT2D eigenvalue weighted by molar-refractivity contribution is 5.54. The highest BCUT2D eigenvalue weighted by Crippen LogP contribution is 2.31. The van der Waals surface area contributed by atoms with Gasteiger partial charge in [0.2, 0.25) is 5.95 Å². The molecule has 0 bridgehead atoms. The summed E-state index contributed by atoms with van der Waals surface area (Å²) in [6, 6.07) is 4.86. The molecule has 1 N–H and O–H groups in total. The highest BCUT2D eigenvalue weighted by atomic mass is 19.4. The standard InChI is InChI=1S/C12H11F3N4/c1-7-16-8(2)18-11(17-7)19-10-5-3-4-9(6-10)12(13,14)15/h3-6H,1-2H3,(H,16,17,18,19). The third-order valence-corrected chi connectivity index (χ3v) is 2.31. The van der Waals surface area contributed by atoms with Crippen LogP contribution in [0, 0.1) is 13.8 Å². The van der Waals surface area contributed by atoms with Crippen LogP contribution in [0.5, 0.6) is 0 Å². The molecule has 0 unspecified atom stereocenters. The first-order valence-corrected chi connectivity index (χ1v) is 5.48. The van der Waals surface area contributed by atoms with Gasteiger partial charge in [-0.3, -0.25) is 0 Å². The predicted molar refractivity (Wildman–Crippen MR) is 64.0 cm³/mol. The van der Waals surface area contributed by atoms with Gasteiger partial charge >= 0.3 is 6.18 Å². The first-order valence-electron chi connectivity index (χ1n) is 5.48. The minimum absolute atomic E-state index is 0.226. The fraction of sp³-hybridized carbons (Fsp3) is 0.250. The molecule has 0 saturated carbocycles. The Morgan fingerprint density at radius 3 is 2.21 bits per heavy atom. The molecule has 2 aromatic rings. The Morgan fingerprint density at radius 2 is 1.63 bits per heavy atom. The zero-order valence-electron chi connectivity index (χ0n) is 10.3. The Labute approximate surface area is 107 Å². The quantitative estimate of drug-likeness (QED) is 0.908. The van der Waals surface area contributed by atoms with Crippen LogP contribution >= 0.6 is 0 Å². The number of alkyl halides is 3. The summed E-state index contributed by atoms with van der Waals surface area (Å²) in [5.74, 6) is 1.23. The van der Waals surface area contributed by atoms with Crippen LogP contribution in [-0.4, -0.2) is 15.0 Å². The zero-order valence-corrected chi connectivity index (χ0v) is 10.3. The molecule has 1 aromatic carbocycles. The Morgan fingerprint density at radius 1 is 1.00 bits per heavy atom. The van der Waals surface area contributed by atoms with Gasteiger partial charge in [0.25, 0.3) is 0 Å². The van der Waals surface area contributed by atoms with E-state index in [4.69, 9.17) is 0 Å². The molecule has 0 saturated heterocycles. The molecule has 4 nitrogen and oxygen atoms in total. The average molecular weight is 268 g/mol. The summed E-state index contributed by atoms with van der Waals surface area (Å²) in [5, 5.41) is 2.74. The number of hydrogen-bond acceptors (Lipinski definition) is 4. The van der Waals surface area contributed by atoms with Crippen LogP contribution in [0.25, 0.3) is 0 Å². The highest BCUT2D eigenvalue weighted by Gasteiger charge is 2.30. The lowest BCUT2D eigenvalue weighted by atomic mass is 10.2. The van der Waals surface area contributed by atoms with E-state index in [1.54, 1.807) is 13.8 Å². The van der Waals surface area contributed by atoms with Crippen molar-refractivity contribution < 1.29 is 13.2 Å². The fourth-order valence-electron chi connectivity index (χ4n) is 1.57. The molecular weight excluding hydrogens is 257 g/mol. The molecule has 19 heavy (non-hydrogen) atoms. The lowest BCUT2D eigenvalue weighted by molar-refractivity contribution is -0.137. The van der Waals surface area contributed by atoms with Crippen molar-refractivity contribution in [2.24, 2.45) is 0 Å². The summed E-state index contributed by atoms with van der Waals surface area (Å²) in [5.41, 5.74) is -0.445. The molecule has 0 spiro atoms. The number of nitrogens with one attached hydrogen (secondary N) is 1. The van der Waals surface area contributed by atoms with Crippen LogP contribution in [0.3, 0.4) is 0 Å². The lowest BCUT2D eigenvalue weighted by Gasteiger charge is -2.10. The second-order valence-corrected chi connectivity index (χ2v) is 3.96. The monoisotopic (exact) mass is 268 g/mol. The summed E-state index contributed by atoms with van der Waals surface area (Å²) < 4.78 is 37.7. The zero-order chi connectivity index (χ0) is 14.0. The third-order valence-electron chi connectivity index (χ3n) is 2.31. The number of aromatic nitrogens is 3. The maximum Gasteiger partial charge on any atom is 0.416 e. The first-order chi connectivity index (χ1) is 8.84. The van der Waals surface area contributed by atoms with Gasteiger partial charge in [0.15, 0.2) is 0 Å². The fourth-order valence-corrected chi connectivity index (χ4v) is 1.57. The largest absolute Gasteiger partial charge is 0.416 e. The molecule has 100 valence electrons. The number of aryl methyl sites for hydroxylation is 2. The second-order valence-electron chi connectivity index (χ2n) is 3.96.